The van der Waals surface area contributed by atoms with Gasteiger partial charge >= 0.3 is 0 Å². The fourth-order valence-corrected chi connectivity index (χ4v) is 5.11. The minimum Gasteiger partial charge on any atom is -0.330 e. The summed E-state index contributed by atoms with van der Waals surface area (Å²) in [6.45, 7) is 3.33. The van der Waals surface area contributed by atoms with Crippen LogP contribution in [0.5, 0.6) is 0 Å². The van der Waals surface area contributed by atoms with Gasteiger partial charge in [-0.2, -0.15) is 11.8 Å². The van der Waals surface area contributed by atoms with Crippen molar-refractivity contribution < 1.29 is 0 Å². The fraction of sp³-hybridized carbons (Fsp3) is 1.00. The minimum atomic E-state index is 0.812. The molecule has 0 aromatic carbocycles. The second-order valence-corrected chi connectivity index (χ2v) is 7.04. The van der Waals surface area contributed by atoms with Crippen LogP contribution in [0.15, 0.2) is 0 Å². The summed E-state index contributed by atoms with van der Waals surface area (Å²) < 4.78 is 0. The second kappa shape index (κ2) is 5.58. The van der Waals surface area contributed by atoms with Crippen LogP contribution in [-0.2, 0) is 0 Å². The molecule has 1 nitrogen and oxygen atoms in total. The normalized spacial score (nSPS) is 38.4. The van der Waals surface area contributed by atoms with Gasteiger partial charge in [-0.1, -0.05) is 26.2 Å². The van der Waals surface area contributed by atoms with Crippen molar-refractivity contribution in [2.75, 3.05) is 6.54 Å². The van der Waals surface area contributed by atoms with Crippen LogP contribution in [-0.4, -0.2) is 17.0 Å². The van der Waals surface area contributed by atoms with E-state index < -0.39 is 0 Å². The van der Waals surface area contributed by atoms with Gasteiger partial charge in [0.2, 0.25) is 0 Å². The molecule has 2 rings (SSSR count). The molecule has 0 aromatic rings. The summed E-state index contributed by atoms with van der Waals surface area (Å²) >= 11 is 2.28. The average molecular weight is 227 g/mol. The Morgan fingerprint density at radius 2 is 1.87 bits per heavy atom. The lowest BCUT2D eigenvalue weighted by Gasteiger charge is -2.35. The van der Waals surface area contributed by atoms with E-state index in [9.17, 15) is 0 Å². The number of rotatable bonds is 3. The van der Waals surface area contributed by atoms with Gasteiger partial charge in [0.1, 0.15) is 0 Å². The zero-order valence-electron chi connectivity index (χ0n) is 9.95. The maximum absolute atomic E-state index is 5.90. The third kappa shape index (κ3) is 3.13. The SMILES string of the molecule is CC1CCC(CN)C(SC2CCCC2)C1. The van der Waals surface area contributed by atoms with E-state index in [0.717, 1.165) is 28.9 Å². The molecule has 0 amide bonds. The Bertz CT molecular complexity index is 189. The van der Waals surface area contributed by atoms with Gasteiger partial charge in [-0.25, -0.2) is 0 Å². The molecule has 0 spiro atoms. The predicted octanol–water partition coefficient (Wildman–Crippen LogP) is 3.43. The highest BCUT2D eigenvalue weighted by molar-refractivity contribution is 8.00. The molecule has 0 radical (unpaired) electrons. The van der Waals surface area contributed by atoms with E-state index in [0.29, 0.717) is 0 Å². The Hall–Kier alpha value is 0.310. The molecule has 3 unspecified atom stereocenters. The molecule has 0 aliphatic heterocycles. The van der Waals surface area contributed by atoms with Crippen LogP contribution < -0.4 is 5.73 Å². The van der Waals surface area contributed by atoms with Crippen LogP contribution in [0.1, 0.15) is 51.9 Å². The van der Waals surface area contributed by atoms with Gasteiger partial charge in [-0.05, 0) is 44.1 Å². The topological polar surface area (TPSA) is 26.0 Å². The quantitative estimate of drug-likeness (QED) is 0.799. The van der Waals surface area contributed by atoms with Gasteiger partial charge in [-0.3, -0.25) is 0 Å². The van der Waals surface area contributed by atoms with Crippen molar-refractivity contribution in [2.24, 2.45) is 17.6 Å². The predicted molar refractivity (Wildman–Crippen MR) is 69.2 cm³/mol. The largest absolute Gasteiger partial charge is 0.330 e. The Morgan fingerprint density at radius 1 is 1.13 bits per heavy atom. The first kappa shape index (κ1) is 11.8. The van der Waals surface area contributed by atoms with Gasteiger partial charge in [0.05, 0.1) is 0 Å². The summed E-state index contributed by atoms with van der Waals surface area (Å²) in [5.74, 6) is 1.75. The Labute approximate surface area is 98.6 Å². The molecular weight excluding hydrogens is 202 g/mol. The highest BCUT2D eigenvalue weighted by Crippen LogP contribution is 2.41. The standard InChI is InChI=1S/C13H25NS/c1-10-6-7-11(9-14)13(8-10)15-12-4-2-3-5-12/h10-13H,2-9,14H2,1H3. The van der Waals surface area contributed by atoms with Crippen LogP contribution in [0.4, 0.5) is 0 Å². The van der Waals surface area contributed by atoms with Crippen LogP contribution in [0.2, 0.25) is 0 Å². The summed E-state index contributed by atoms with van der Waals surface area (Å²) in [7, 11) is 0. The third-order valence-electron chi connectivity index (χ3n) is 4.16. The van der Waals surface area contributed by atoms with Crippen molar-refractivity contribution in [1.29, 1.82) is 0 Å². The Balaban J connectivity index is 1.85. The van der Waals surface area contributed by atoms with Crippen molar-refractivity contribution >= 4 is 11.8 Å². The molecule has 0 heterocycles. The van der Waals surface area contributed by atoms with E-state index >= 15 is 0 Å². The average Bonchev–Trinajstić information content (AvgIpc) is 2.71. The lowest BCUT2D eigenvalue weighted by atomic mass is 9.82. The monoisotopic (exact) mass is 227 g/mol. The molecule has 2 aliphatic carbocycles. The minimum absolute atomic E-state index is 0.812. The Kier molecular flexibility index (Phi) is 4.39. The molecule has 2 aliphatic rings. The second-order valence-electron chi connectivity index (χ2n) is 5.50. The van der Waals surface area contributed by atoms with Gasteiger partial charge in [0, 0.05) is 10.5 Å². The van der Waals surface area contributed by atoms with Crippen molar-refractivity contribution in [3.05, 3.63) is 0 Å². The molecule has 15 heavy (non-hydrogen) atoms. The van der Waals surface area contributed by atoms with E-state index in [1.54, 1.807) is 0 Å². The van der Waals surface area contributed by atoms with Crippen molar-refractivity contribution in [1.82, 2.24) is 0 Å². The van der Waals surface area contributed by atoms with E-state index in [4.69, 9.17) is 5.73 Å². The van der Waals surface area contributed by atoms with Crippen molar-refractivity contribution in [3.63, 3.8) is 0 Å². The highest BCUT2D eigenvalue weighted by Gasteiger charge is 2.30. The molecule has 0 bridgehead atoms. The van der Waals surface area contributed by atoms with Gasteiger partial charge < -0.3 is 5.73 Å². The van der Waals surface area contributed by atoms with E-state index in [1.807, 2.05) is 0 Å². The molecule has 88 valence electrons. The first-order valence-corrected chi connectivity index (χ1v) is 7.59. The smallest absolute Gasteiger partial charge is 0.00926 e. The van der Waals surface area contributed by atoms with Gasteiger partial charge in [0.25, 0.3) is 0 Å². The summed E-state index contributed by atoms with van der Waals surface area (Å²) in [5, 5.41) is 1.84. The molecule has 0 aromatic heterocycles. The molecule has 3 atom stereocenters. The van der Waals surface area contributed by atoms with Crippen LogP contribution in [0.25, 0.3) is 0 Å². The summed E-state index contributed by atoms with van der Waals surface area (Å²) in [6, 6.07) is 0. The number of nitrogens with two attached hydrogens (primary N) is 1. The molecule has 2 heteroatoms. The van der Waals surface area contributed by atoms with Crippen LogP contribution in [0.3, 0.4) is 0 Å². The maximum Gasteiger partial charge on any atom is 0.00926 e. The lowest BCUT2D eigenvalue weighted by Crippen LogP contribution is -2.32. The number of hydrogen-bond acceptors (Lipinski definition) is 2. The van der Waals surface area contributed by atoms with Crippen molar-refractivity contribution in [2.45, 2.75) is 62.4 Å². The van der Waals surface area contributed by atoms with Gasteiger partial charge in [-0.15, -0.1) is 0 Å². The third-order valence-corrected chi connectivity index (χ3v) is 5.95. The van der Waals surface area contributed by atoms with Crippen LogP contribution >= 0.6 is 11.8 Å². The fourth-order valence-electron chi connectivity index (χ4n) is 3.10. The molecular formula is C13H25NS. The number of thioether (sulfide) groups is 1. The van der Waals surface area contributed by atoms with E-state index in [-0.39, 0.29) is 0 Å². The molecule has 2 fully saturated rings. The maximum atomic E-state index is 5.90. The van der Waals surface area contributed by atoms with Crippen LogP contribution in [0, 0.1) is 11.8 Å². The summed E-state index contributed by atoms with van der Waals surface area (Å²) in [5.41, 5.74) is 5.90. The summed E-state index contributed by atoms with van der Waals surface area (Å²) in [4.78, 5) is 0. The Morgan fingerprint density at radius 3 is 2.53 bits per heavy atom. The lowest BCUT2D eigenvalue weighted by molar-refractivity contribution is 0.305. The summed E-state index contributed by atoms with van der Waals surface area (Å²) in [6.07, 6.45) is 10.1. The number of hydrogen-bond donors (Lipinski definition) is 1. The zero-order valence-corrected chi connectivity index (χ0v) is 10.8. The molecule has 2 saturated carbocycles. The van der Waals surface area contributed by atoms with E-state index in [2.05, 4.69) is 18.7 Å². The van der Waals surface area contributed by atoms with Crippen molar-refractivity contribution in [3.8, 4) is 0 Å². The van der Waals surface area contributed by atoms with Gasteiger partial charge in [0.15, 0.2) is 0 Å². The van der Waals surface area contributed by atoms with E-state index in [1.165, 1.54) is 44.9 Å². The first-order valence-electron chi connectivity index (χ1n) is 6.65. The molecule has 2 N–H and O–H groups in total. The molecule has 0 saturated heterocycles. The highest BCUT2D eigenvalue weighted by atomic mass is 32.2. The first-order chi connectivity index (χ1) is 7.29. The zero-order chi connectivity index (χ0) is 10.7.